The second kappa shape index (κ2) is 3.77. The van der Waals surface area contributed by atoms with Crippen LogP contribution in [0.15, 0.2) is 16.7 Å². The van der Waals surface area contributed by atoms with Gasteiger partial charge in [0.1, 0.15) is 0 Å². The van der Waals surface area contributed by atoms with Crippen LogP contribution < -0.4 is 5.73 Å². The highest BCUT2D eigenvalue weighted by Crippen LogP contribution is 2.34. The summed E-state index contributed by atoms with van der Waals surface area (Å²) in [5.74, 6) is 1.28. The van der Waals surface area contributed by atoms with E-state index in [4.69, 9.17) is 10.2 Å². The monoisotopic (exact) mass is 217 g/mol. The van der Waals surface area contributed by atoms with Crippen molar-refractivity contribution in [3.8, 4) is 0 Å². The Kier molecular flexibility index (Phi) is 2.27. The largest absolute Gasteiger partial charge is 0.436 e. The Labute approximate surface area is 93.9 Å². The number of anilines is 1. The molecule has 84 valence electrons. The Morgan fingerprint density at radius 3 is 2.81 bits per heavy atom. The molecule has 0 spiro atoms. The number of rotatable bonds is 1. The SMILES string of the molecule is Nc1ccnc2nc(C3CCCCC3)oc12. The molecule has 3 rings (SSSR count). The molecule has 4 heteroatoms. The van der Waals surface area contributed by atoms with Crippen molar-refractivity contribution in [3.05, 3.63) is 18.2 Å². The van der Waals surface area contributed by atoms with Crippen molar-refractivity contribution in [2.75, 3.05) is 5.73 Å². The van der Waals surface area contributed by atoms with E-state index in [1.807, 2.05) is 0 Å². The van der Waals surface area contributed by atoms with Crippen LogP contribution in [-0.2, 0) is 0 Å². The molecular weight excluding hydrogens is 202 g/mol. The molecule has 0 aromatic carbocycles. The van der Waals surface area contributed by atoms with Crippen LogP contribution in [0.3, 0.4) is 0 Å². The summed E-state index contributed by atoms with van der Waals surface area (Å²) >= 11 is 0. The number of hydrogen-bond acceptors (Lipinski definition) is 4. The third-order valence-corrected chi connectivity index (χ3v) is 3.29. The smallest absolute Gasteiger partial charge is 0.200 e. The molecule has 2 N–H and O–H groups in total. The van der Waals surface area contributed by atoms with E-state index in [1.54, 1.807) is 12.3 Å². The van der Waals surface area contributed by atoms with Gasteiger partial charge < -0.3 is 10.2 Å². The number of aromatic nitrogens is 2. The van der Waals surface area contributed by atoms with Crippen molar-refractivity contribution in [3.63, 3.8) is 0 Å². The normalized spacial score (nSPS) is 18.0. The van der Waals surface area contributed by atoms with Crippen LogP contribution >= 0.6 is 0 Å². The van der Waals surface area contributed by atoms with Crippen molar-refractivity contribution in [2.45, 2.75) is 38.0 Å². The van der Waals surface area contributed by atoms with E-state index in [9.17, 15) is 0 Å². The Morgan fingerprint density at radius 1 is 1.25 bits per heavy atom. The van der Waals surface area contributed by atoms with Crippen molar-refractivity contribution in [1.29, 1.82) is 0 Å². The van der Waals surface area contributed by atoms with Crippen LogP contribution in [0.2, 0.25) is 0 Å². The average Bonchev–Trinajstić information content (AvgIpc) is 2.76. The third kappa shape index (κ3) is 1.54. The fourth-order valence-corrected chi connectivity index (χ4v) is 2.39. The number of nitrogens with zero attached hydrogens (tertiary/aromatic N) is 2. The number of nitrogens with two attached hydrogens (primary N) is 1. The van der Waals surface area contributed by atoms with Gasteiger partial charge in [-0.05, 0) is 18.9 Å². The van der Waals surface area contributed by atoms with E-state index in [0.717, 1.165) is 5.89 Å². The van der Waals surface area contributed by atoms with Gasteiger partial charge in [-0.2, -0.15) is 4.98 Å². The van der Waals surface area contributed by atoms with E-state index < -0.39 is 0 Å². The number of hydrogen-bond donors (Lipinski definition) is 1. The maximum Gasteiger partial charge on any atom is 0.200 e. The highest BCUT2D eigenvalue weighted by molar-refractivity contribution is 5.81. The first kappa shape index (κ1) is 9.63. The molecule has 1 aliphatic carbocycles. The molecule has 1 aliphatic rings. The topological polar surface area (TPSA) is 64.9 Å². The maximum atomic E-state index is 5.83. The van der Waals surface area contributed by atoms with Crippen LogP contribution in [0.25, 0.3) is 11.2 Å². The Hall–Kier alpha value is -1.58. The minimum Gasteiger partial charge on any atom is -0.436 e. The molecule has 1 saturated carbocycles. The van der Waals surface area contributed by atoms with Gasteiger partial charge in [0, 0.05) is 12.1 Å². The zero-order valence-corrected chi connectivity index (χ0v) is 9.15. The van der Waals surface area contributed by atoms with E-state index in [1.165, 1.54) is 32.1 Å². The van der Waals surface area contributed by atoms with Gasteiger partial charge in [0.15, 0.2) is 11.5 Å². The Balaban J connectivity index is 2.01. The Bertz CT molecular complexity index is 500. The van der Waals surface area contributed by atoms with E-state index >= 15 is 0 Å². The van der Waals surface area contributed by atoms with Crippen molar-refractivity contribution in [2.24, 2.45) is 0 Å². The molecule has 16 heavy (non-hydrogen) atoms. The van der Waals surface area contributed by atoms with Crippen LogP contribution in [0.5, 0.6) is 0 Å². The molecule has 0 bridgehead atoms. The maximum absolute atomic E-state index is 5.83. The minimum absolute atomic E-state index is 0.461. The first-order valence-corrected chi connectivity index (χ1v) is 5.85. The summed E-state index contributed by atoms with van der Waals surface area (Å²) in [5, 5.41) is 0. The van der Waals surface area contributed by atoms with Gasteiger partial charge in [0.05, 0.1) is 5.69 Å². The first-order chi connectivity index (χ1) is 7.84. The molecular formula is C12H15N3O. The van der Waals surface area contributed by atoms with E-state index in [-0.39, 0.29) is 0 Å². The molecule has 0 amide bonds. The fraction of sp³-hybridized carbons (Fsp3) is 0.500. The highest BCUT2D eigenvalue weighted by Gasteiger charge is 2.21. The predicted octanol–water partition coefficient (Wildman–Crippen LogP) is 2.85. The van der Waals surface area contributed by atoms with Gasteiger partial charge in [-0.15, -0.1) is 0 Å². The fourth-order valence-electron chi connectivity index (χ4n) is 2.39. The zero-order chi connectivity index (χ0) is 11.0. The molecule has 4 nitrogen and oxygen atoms in total. The summed E-state index contributed by atoms with van der Waals surface area (Å²) in [6.07, 6.45) is 7.89. The second-order valence-electron chi connectivity index (χ2n) is 4.44. The van der Waals surface area contributed by atoms with E-state index in [2.05, 4.69) is 9.97 Å². The second-order valence-corrected chi connectivity index (χ2v) is 4.44. The van der Waals surface area contributed by atoms with Crippen LogP contribution in [0.4, 0.5) is 5.69 Å². The first-order valence-electron chi connectivity index (χ1n) is 5.85. The highest BCUT2D eigenvalue weighted by atomic mass is 16.3. The lowest BCUT2D eigenvalue weighted by atomic mass is 9.89. The van der Waals surface area contributed by atoms with E-state index in [0.29, 0.717) is 22.8 Å². The van der Waals surface area contributed by atoms with Crippen molar-refractivity contribution in [1.82, 2.24) is 9.97 Å². The molecule has 0 unspecified atom stereocenters. The van der Waals surface area contributed by atoms with Gasteiger partial charge >= 0.3 is 0 Å². The lowest BCUT2D eigenvalue weighted by Crippen LogP contribution is -2.04. The number of fused-ring (bicyclic) bond motifs is 1. The lowest BCUT2D eigenvalue weighted by Gasteiger charge is -2.17. The van der Waals surface area contributed by atoms with Crippen molar-refractivity contribution < 1.29 is 4.42 Å². The summed E-state index contributed by atoms with van der Waals surface area (Å²) in [4.78, 5) is 8.61. The molecule has 2 aromatic rings. The van der Waals surface area contributed by atoms with Gasteiger partial charge in [-0.3, -0.25) is 0 Å². The molecule has 0 atom stereocenters. The molecule has 2 heterocycles. The van der Waals surface area contributed by atoms with Gasteiger partial charge in [0.2, 0.25) is 5.65 Å². The van der Waals surface area contributed by atoms with Gasteiger partial charge in [-0.1, -0.05) is 19.3 Å². The number of nitrogen functional groups attached to an aromatic ring is 1. The minimum atomic E-state index is 0.461. The number of oxazole rings is 1. The van der Waals surface area contributed by atoms with Crippen LogP contribution in [0, 0.1) is 0 Å². The van der Waals surface area contributed by atoms with Crippen molar-refractivity contribution >= 4 is 16.9 Å². The lowest BCUT2D eigenvalue weighted by molar-refractivity contribution is 0.373. The quantitative estimate of drug-likeness (QED) is 0.797. The van der Waals surface area contributed by atoms with Crippen LogP contribution in [0.1, 0.15) is 43.9 Å². The standard InChI is InChI=1S/C12H15N3O/c13-9-6-7-14-11-10(9)16-12(15-11)8-4-2-1-3-5-8/h6-8H,1-5H2,(H2,13,14). The van der Waals surface area contributed by atoms with Crippen LogP contribution in [-0.4, -0.2) is 9.97 Å². The average molecular weight is 217 g/mol. The summed E-state index contributed by atoms with van der Waals surface area (Å²) in [7, 11) is 0. The zero-order valence-electron chi connectivity index (χ0n) is 9.15. The summed E-state index contributed by atoms with van der Waals surface area (Å²) in [6.45, 7) is 0. The molecule has 1 fully saturated rings. The molecule has 2 aromatic heterocycles. The van der Waals surface area contributed by atoms with Gasteiger partial charge in [0.25, 0.3) is 0 Å². The molecule has 0 aliphatic heterocycles. The summed E-state index contributed by atoms with van der Waals surface area (Å²) in [5.41, 5.74) is 7.73. The predicted molar refractivity (Wildman–Crippen MR) is 62.0 cm³/mol. The molecule has 0 radical (unpaired) electrons. The molecule has 0 saturated heterocycles. The summed E-state index contributed by atoms with van der Waals surface area (Å²) in [6, 6.07) is 1.75. The third-order valence-electron chi connectivity index (χ3n) is 3.29. The Morgan fingerprint density at radius 2 is 2.06 bits per heavy atom. The van der Waals surface area contributed by atoms with Gasteiger partial charge in [-0.25, -0.2) is 4.98 Å². The number of pyridine rings is 1. The summed E-state index contributed by atoms with van der Waals surface area (Å²) < 4.78 is 5.74.